The predicted molar refractivity (Wildman–Crippen MR) is 96.6 cm³/mol. The molecule has 0 aromatic carbocycles. The minimum absolute atomic E-state index is 0.0132. The summed E-state index contributed by atoms with van der Waals surface area (Å²) in [5.74, 6) is 1.66. The van der Waals surface area contributed by atoms with Gasteiger partial charge in [-0.1, -0.05) is 6.07 Å². The Balaban J connectivity index is 1.48. The number of rotatable bonds is 4. The highest BCUT2D eigenvalue weighted by Gasteiger charge is 2.27. The van der Waals surface area contributed by atoms with Gasteiger partial charge >= 0.3 is 0 Å². The number of anilines is 1. The third kappa shape index (κ3) is 3.34. The van der Waals surface area contributed by atoms with Crippen molar-refractivity contribution in [1.82, 2.24) is 24.9 Å². The number of nitrogens with zero attached hydrogens (tertiary/aromatic N) is 5. The average Bonchev–Trinajstić information content (AvgIpc) is 3.30. The molecule has 7 nitrogen and oxygen atoms in total. The second-order valence-electron chi connectivity index (χ2n) is 6.31. The first-order chi connectivity index (χ1) is 12.2. The fourth-order valence-electron chi connectivity index (χ4n) is 3.27. The van der Waals surface area contributed by atoms with Crippen molar-refractivity contribution in [2.24, 2.45) is 5.92 Å². The van der Waals surface area contributed by atoms with Crippen LogP contribution in [-0.2, 0) is 11.3 Å². The van der Waals surface area contributed by atoms with Gasteiger partial charge in [-0.2, -0.15) is 14.6 Å². The second-order valence-corrected chi connectivity index (χ2v) is 7.34. The van der Waals surface area contributed by atoms with Gasteiger partial charge in [0.1, 0.15) is 12.1 Å². The van der Waals surface area contributed by atoms with Crippen LogP contribution in [0.3, 0.4) is 0 Å². The van der Waals surface area contributed by atoms with E-state index in [2.05, 4.69) is 25.3 Å². The normalized spacial score (nSPS) is 17.8. The van der Waals surface area contributed by atoms with Crippen molar-refractivity contribution in [3.8, 4) is 0 Å². The van der Waals surface area contributed by atoms with Gasteiger partial charge in [-0.05, 0) is 31.2 Å². The molecule has 8 heteroatoms. The molecule has 1 aliphatic heterocycles. The van der Waals surface area contributed by atoms with Crippen molar-refractivity contribution in [2.75, 3.05) is 18.0 Å². The molecule has 130 valence electrons. The summed E-state index contributed by atoms with van der Waals surface area (Å²) in [4.78, 5) is 24.5. The number of aromatic nitrogens is 4. The summed E-state index contributed by atoms with van der Waals surface area (Å²) < 4.78 is 1.75. The fraction of sp³-hybridized carbons (Fsp3) is 0.412. The summed E-state index contributed by atoms with van der Waals surface area (Å²) in [5, 5.41) is 9.37. The first-order valence-corrected chi connectivity index (χ1v) is 9.31. The van der Waals surface area contributed by atoms with Gasteiger partial charge in [0, 0.05) is 29.7 Å². The maximum Gasteiger partial charge on any atom is 0.254 e. The maximum absolute atomic E-state index is 12.6. The molecule has 3 aromatic heterocycles. The van der Waals surface area contributed by atoms with Gasteiger partial charge in [-0.3, -0.25) is 4.79 Å². The molecule has 0 aliphatic carbocycles. The van der Waals surface area contributed by atoms with E-state index in [1.807, 2.05) is 30.5 Å². The molecule has 1 amide bonds. The number of nitrogens with one attached hydrogen (secondary N) is 1. The number of aryl methyl sites for hydroxylation is 1. The molecule has 4 rings (SSSR count). The zero-order valence-corrected chi connectivity index (χ0v) is 14.9. The highest BCUT2D eigenvalue weighted by atomic mass is 32.1. The van der Waals surface area contributed by atoms with E-state index in [1.54, 1.807) is 15.9 Å². The molecule has 1 unspecified atom stereocenters. The summed E-state index contributed by atoms with van der Waals surface area (Å²) in [6.45, 7) is 4.16. The van der Waals surface area contributed by atoms with E-state index >= 15 is 0 Å². The van der Waals surface area contributed by atoms with Crippen molar-refractivity contribution < 1.29 is 4.79 Å². The van der Waals surface area contributed by atoms with Crippen molar-refractivity contribution in [3.63, 3.8) is 0 Å². The topological polar surface area (TPSA) is 75.4 Å². The van der Waals surface area contributed by atoms with E-state index in [0.29, 0.717) is 18.9 Å². The van der Waals surface area contributed by atoms with Crippen LogP contribution in [0.2, 0.25) is 0 Å². The van der Waals surface area contributed by atoms with Crippen LogP contribution in [-0.4, -0.2) is 38.6 Å². The maximum atomic E-state index is 12.6. The Morgan fingerprint density at radius 3 is 3.24 bits per heavy atom. The van der Waals surface area contributed by atoms with Crippen LogP contribution in [0.25, 0.3) is 5.78 Å². The van der Waals surface area contributed by atoms with Gasteiger partial charge in [0.15, 0.2) is 0 Å². The smallest absolute Gasteiger partial charge is 0.254 e. The Bertz CT molecular complexity index is 875. The van der Waals surface area contributed by atoms with Crippen LogP contribution in [0, 0.1) is 12.8 Å². The minimum atomic E-state index is -0.0132. The van der Waals surface area contributed by atoms with Gasteiger partial charge in [0.25, 0.3) is 5.78 Å². The summed E-state index contributed by atoms with van der Waals surface area (Å²) in [5.41, 5.74) is 0.903. The number of carbonyl (C=O) groups excluding carboxylic acids is 1. The van der Waals surface area contributed by atoms with E-state index < -0.39 is 0 Å². The Kier molecular flexibility index (Phi) is 4.35. The van der Waals surface area contributed by atoms with E-state index in [1.165, 1.54) is 11.2 Å². The van der Waals surface area contributed by atoms with Crippen LogP contribution >= 0.6 is 11.3 Å². The molecular weight excluding hydrogens is 336 g/mol. The lowest BCUT2D eigenvalue weighted by Gasteiger charge is -2.33. The van der Waals surface area contributed by atoms with Crippen molar-refractivity contribution >= 4 is 28.8 Å². The molecular formula is C17H20N6OS. The highest BCUT2D eigenvalue weighted by molar-refractivity contribution is 7.09. The van der Waals surface area contributed by atoms with Crippen molar-refractivity contribution in [2.45, 2.75) is 26.3 Å². The Hall–Kier alpha value is -2.48. The zero-order chi connectivity index (χ0) is 17.2. The number of fused-ring (bicyclic) bond motifs is 1. The molecule has 1 atom stereocenters. The fourth-order valence-corrected chi connectivity index (χ4v) is 3.91. The summed E-state index contributed by atoms with van der Waals surface area (Å²) in [7, 11) is 0. The highest BCUT2D eigenvalue weighted by Crippen LogP contribution is 2.24. The number of hydrogen-bond donors (Lipinski definition) is 1. The quantitative estimate of drug-likeness (QED) is 0.774. The molecule has 0 radical (unpaired) electrons. The lowest BCUT2D eigenvalue weighted by Crippen LogP contribution is -2.43. The van der Waals surface area contributed by atoms with Crippen LogP contribution in [0.5, 0.6) is 0 Å². The third-order valence-electron chi connectivity index (χ3n) is 4.49. The molecule has 1 saturated heterocycles. The van der Waals surface area contributed by atoms with Crippen molar-refractivity contribution in [3.05, 3.63) is 40.5 Å². The second kappa shape index (κ2) is 6.79. The lowest BCUT2D eigenvalue weighted by molar-refractivity contribution is -0.125. The predicted octanol–water partition coefficient (Wildman–Crippen LogP) is 2.03. The molecule has 3 aromatic rings. The molecule has 0 bridgehead atoms. The number of hydrogen-bond acceptors (Lipinski definition) is 6. The van der Waals surface area contributed by atoms with Crippen LogP contribution in [0.4, 0.5) is 5.82 Å². The summed E-state index contributed by atoms with van der Waals surface area (Å²) in [6, 6.07) is 6.05. The first-order valence-electron chi connectivity index (χ1n) is 8.43. The lowest BCUT2D eigenvalue weighted by atomic mass is 9.97. The van der Waals surface area contributed by atoms with Gasteiger partial charge in [-0.25, -0.2) is 4.98 Å². The van der Waals surface area contributed by atoms with Crippen molar-refractivity contribution in [1.29, 1.82) is 0 Å². The molecule has 25 heavy (non-hydrogen) atoms. The molecule has 1 N–H and O–H groups in total. The standard InChI is InChI=1S/C17H20N6OS/c1-12-8-15(23-17(21-12)19-11-20-23)22-6-2-4-13(10-22)16(24)18-9-14-5-3-7-25-14/h3,5,7-8,11,13H,2,4,6,9-10H2,1H3,(H,18,24). The monoisotopic (exact) mass is 356 g/mol. The molecule has 1 aliphatic rings. The Morgan fingerprint density at radius 2 is 2.40 bits per heavy atom. The summed E-state index contributed by atoms with van der Waals surface area (Å²) >= 11 is 1.66. The number of amides is 1. The third-order valence-corrected chi connectivity index (χ3v) is 5.37. The van der Waals surface area contributed by atoms with Gasteiger partial charge < -0.3 is 10.2 Å². The average molecular weight is 356 g/mol. The van der Waals surface area contributed by atoms with Crippen LogP contribution in [0.1, 0.15) is 23.4 Å². The molecule has 1 fully saturated rings. The van der Waals surface area contributed by atoms with Gasteiger partial charge in [-0.15, -0.1) is 11.3 Å². The summed E-state index contributed by atoms with van der Waals surface area (Å²) in [6.07, 6.45) is 3.41. The van der Waals surface area contributed by atoms with Crippen LogP contribution in [0.15, 0.2) is 29.9 Å². The van der Waals surface area contributed by atoms with Gasteiger partial charge in [0.05, 0.1) is 12.5 Å². The minimum Gasteiger partial charge on any atom is -0.356 e. The van der Waals surface area contributed by atoms with Gasteiger partial charge in [0.2, 0.25) is 5.91 Å². The largest absolute Gasteiger partial charge is 0.356 e. The Labute approximate surface area is 149 Å². The molecule has 0 spiro atoms. The zero-order valence-electron chi connectivity index (χ0n) is 14.1. The molecule has 4 heterocycles. The SMILES string of the molecule is Cc1cc(N2CCCC(C(=O)NCc3cccs3)C2)n2ncnc2n1. The Morgan fingerprint density at radius 1 is 1.48 bits per heavy atom. The number of piperidine rings is 1. The molecule has 0 saturated carbocycles. The first kappa shape index (κ1) is 16.0. The van der Waals surface area contributed by atoms with E-state index in [0.717, 1.165) is 30.9 Å². The van der Waals surface area contributed by atoms with E-state index in [9.17, 15) is 4.79 Å². The van der Waals surface area contributed by atoms with E-state index in [4.69, 9.17) is 0 Å². The van der Waals surface area contributed by atoms with E-state index in [-0.39, 0.29) is 11.8 Å². The number of thiophene rings is 1. The van der Waals surface area contributed by atoms with Crippen LogP contribution < -0.4 is 10.2 Å². The number of carbonyl (C=O) groups is 1.